The van der Waals surface area contributed by atoms with Gasteiger partial charge in [0.2, 0.25) is 0 Å². The van der Waals surface area contributed by atoms with Crippen molar-refractivity contribution < 1.29 is 0 Å². The normalized spacial score (nSPS) is 9.12. The minimum Gasteiger partial charge on any atom is -0.381 e. The van der Waals surface area contributed by atoms with Crippen molar-refractivity contribution in [3.8, 4) is 0 Å². The lowest BCUT2D eigenvalue weighted by molar-refractivity contribution is 1.03. The van der Waals surface area contributed by atoms with E-state index in [0.29, 0.717) is 5.82 Å². The monoisotopic (exact) mass is 173 g/mol. The van der Waals surface area contributed by atoms with E-state index < -0.39 is 0 Å². The molecule has 0 fully saturated rings. The highest BCUT2D eigenvalue weighted by atomic mass is 79.9. The molecular formula is C4H4BrN3. The number of hydrogen-bond acceptors (Lipinski definition) is 3. The summed E-state index contributed by atoms with van der Waals surface area (Å²) in [4.78, 5) is 0. The molecule has 0 aliphatic carbocycles. The molecule has 0 atom stereocenters. The molecule has 0 aliphatic rings. The summed E-state index contributed by atoms with van der Waals surface area (Å²) in [5, 5.41) is 7.10. The quantitative estimate of drug-likeness (QED) is 0.633. The molecule has 0 radical (unpaired) electrons. The van der Waals surface area contributed by atoms with Crippen molar-refractivity contribution in [1.29, 1.82) is 0 Å². The van der Waals surface area contributed by atoms with E-state index in [1.165, 1.54) is 0 Å². The topological polar surface area (TPSA) is 51.8 Å². The van der Waals surface area contributed by atoms with Gasteiger partial charge in [-0.2, -0.15) is 5.10 Å². The first kappa shape index (κ1) is 5.50. The average Bonchev–Trinajstić information content (AvgIpc) is 1.77. The molecule has 4 heteroatoms. The van der Waals surface area contributed by atoms with Gasteiger partial charge in [0, 0.05) is 0 Å². The molecule has 2 N–H and O–H groups in total. The van der Waals surface area contributed by atoms with E-state index in [9.17, 15) is 0 Å². The highest BCUT2D eigenvalue weighted by Crippen LogP contribution is 2.12. The minimum absolute atomic E-state index is 0.424. The number of nitrogens with two attached hydrogens (primary N) is 1. The van der Waals surface area contributed by atoms with E-state index in [2.05, 4.69) is 26.1 Å². The van der Waals surface area contributed by atoms with E-state index in [-0.39, 0.29) is 0 Å². The van der Waals surface area contributed by atoms with Gasteiger partial charge in [-0.25, -0.2) is 0 Å². The minimum atomic E-state index is 0.424. The van der Waals surface area contributed by atoms with Gasteiger partial charge in [-0.1, -0.05) is 0 Å². The third-order valence-electron chi connectivity index (χ3n) is 0.698. The lowest BCUT2D eigenvalue weighted by Gasteiger charge is -1.89. The summed E-state index contributed by atoms with van der Waals surface area (Å²) in [6.45, 7) is 0. The van der Waals surface area contributed by atoms with E-state index >= 15 is 0 Å². The van der Waals surface area contributed by atoms with Gasteiger partial charge >= 0.3 is 0 Å². The molecule has 1 aromatic heterocycles. The van der Waals surface area contributed by atoms with Crippen LogP contribution in [0.4, 0.5) is 5.82 Å². The second-order valence-electron chi connectivity index (χ2n) is 1.26. The molecule has 0 saturated heterocycles. The van der Waals surface area contributed by atoms with Crippen LogP contribution < -0.4 is 5.73 Å². The summed E-state index contributed by atoms with van der Waals surface area (Å²) in [7, 11) is 0. The van der Waals surface area contributed by atoms with Crippen LogP contribution in [0.5, 0.6) is 0 Å². The zero-order valence-corrected chi connectivity index (χ0v) is 5.59. The van der Waals surface area contributed by atoms with Crippen LogP contribution in [0.2, 0.25) is 0 Å². The van der Waals surface area contributed by atoms with Gasteiger partial charge in [-0.05, 0) is 22.0 Å². The molecule has 1 heterocycles. The molecule has 0 unspecified atom stereocenters. The smallest absolute Gasteiger partial charge is 0.160 e. The molecule has 0 amide bonds. The summed E-state index contributed by atoms with van der Waals surface area (Å²) >= 11 is 3.17. The Hall–Kier alpha value is -0.640. The largest absolute Gasteiger partial charge is 0.381 e. The van der Waals surface area contributed by atoms with Crippen molar-refractivity contribution in [1.82, 2.24) is 10.2 Å². The standard InChI is InChI=1S/C4H4BrN3/c5-3-1-2-7-8-4(3)6/h1-2H,(H2,6,8). The van der Waals surface area contributed by atoms with Gasteiger partial charge in [-0.15, -0.1) is 5.10 Å². The van der Waals surface area contributed by atoms with Crippen LogP contribution in [-0.2, 0) is 0 Å². The van der Waals surface area contributed by atoms with Crippen molar-refractivity contribution in [3.63, 3.8) is 0 Å². The molecule has 8 heavy (non-hydrogen) atoms. The molecule has 3 nitrogen and oxygen atoms in total. The van der Waals surface area contributed by atoms with Gasteiger partial charge in [0.1, 0.15) is 0 Å². The zero-order valence-electron chi connectivity index (χ0n) is 4.00. The molecule has 1 rings (SSSR count). The first-order valence-electron chi connectivity index (χ1n) is 2.03. The molecule has 1 aromatic rings. The fourth-order valence-corrected chi connectivity index (χ4v) is 0.525. The number of nitrogens with zero attached hydrogens (tertiary/aromatic N) is 2. The van der Waals surface area contributed by atoms with Crippen molar-refractivity contribution >= 4 is 21.7 Å². The summed E-state index contributed by atoms with van der Waals surface area (Å²) < 4.78 is 0.785. The predicted molar refractivity (Wildman–Crippen MR) is 34.1 cm³/mol. The number of anilines is 1. The highest BCUT2D eigenvalue weighted by Gasteiger charge is 1.90. The van der Waals surface area contributed by atoms with Crippen LogP contribution >= 0.6 is 15.9 Å². The Labute approximate surface area is 55.0 Å². The van der Waals surface area contributed by atoms with Crippen LogP contribution in [-0.4, -0.2) is 10.2 Å². The number of aromatic nitrogens is 2. The number of nitrogen functional groups attached to an aromatic ring is 1. The first-order valence-corrected chi connectivity index (χ1v) is 2.82. The lowest BCUT2D eigenvalue weighted by Crippen LogP contribution is -1.91. The van der Waals surface area contributed by atoms with Crippen molar-refractivity contribution in [2.24, 2.45) is 0 Å². The molecular weight excluding hydrogens is 170 g/mol. The third kappa shape index (κ3) is 0.949. The van der Waals surface area contributed by atoms with E-state index in [1.54, 1.807) is 12.3 Å². The second-order valence-corrected chi connectivity index (χ2v) is 2.12. The summed E-state index contributed by atoms with van der Waals surface area (Å²) in [6, 6.07) is 1.74. The summed E-state index contributed by atoms with van der Waals surface area (Å²) in [5.74, 6) is 0.424. The summed E-state index contributed by atoms with van der Waals surface area (Å²) in [6.07, 6.45) is 1.57. The maximum Gasteiger partial charge on any atom is 0.160 e. The van der Waals surface area contributed by atoms with Crippen molar-refractivity contribution in [2.45, 2.75) is 0 Å². The fourth-order valence-electron chi connectivity index (χ4n) is 0.327. The maximum atomic E-state index is 5.30. The molecule has 0 aromatic carbocycles. The number of rotatable bonds is 0. The van der Waals surface area contributed by atoms with E-state index in [0.717, 1.165) is 4.47 Å². The first-order chi connectivity index (χ1) is 3.80. The van der Waals surface area contributed by atoms with Crippen LogP contribution in [0.25, 0.3) is 0 Å². The van der Waals surface area contributed by atoms with Gasteiger partial charge in [0.25, 0.3) is 0 Å². The zero-order chi connectivity index (χ0) is 5.98. The van der Waals surface area contributed by atoms with Crippen LogP contribution in [0.15, 0.2) is 16.7 Å². The fraction of sp³-hybridized carbons (Fsp3) is 0. The van der Waals surface area contributed by atoms with Crippen LogP contribution in [0, 0.1) is 0 Å². The molecule has 0 spiro atoms. The van der Waals surface area contributed by atoms with Gasteiger partial charge in [-0.3, -0.25) is 0 Å². The molecule has 42 valence electrons. The summed E-state index contributed by atoms with van der Waals surface area (Å²) in [5.41, 5.74) is 5.30. The predicted octanol–water partition coefficient (Wildman–Crippen LogP) is 0.821. The van der Waals surface area contributed by atoms with E-state index in [4.69, 9.17) is 5.73 Å². The Balaban J connectivity index is 3.13. The molecule has 0 saturated carbocycles. The van der Waals surface area contributed by atoms with E-state index in [1.807, 2.05) is 0 Å². The number of hydrogen-bond donors (Lipinski definition) is 1. The second kappa shape index (κ2) is 2.09. The van der Waals surface area contributed by atoms with Crippen LogP contribution in [0.3, 0.4) is 0 Å². The van der Waals surface area contributed by atoms with Gasteiger partial charge in [0.05, 0.1) is 10.7 Å². The number of halogens is 1. The highest BCUT2D eigenvalue weighted by molar-refractivity contribution is 9.10. The maximum absolute atomic E-state index is 5.30. The third-order valence-corrected chi connectivity index (χ3v) is 1.37. The van der Waals surface area contributed by atoms with Crippen LogP contribution in [0.1, 0.15) is 0 Å². The van der Waals surface area contributed by atoms with Crippen molar-refractivity contribution in [3.05, 3.63) is 16.7 Å². The molecule has 0 bridgehead atoms. The molecule has 0 aliphatic heterocycles. The Bertz CT molecular complexity index is 167. The SMILES string of the molecule is Nc1nnccc1Br. The van der Waals surface area contributed by atoms with Gasteiger partial charge in [0.15, 0.2) is 5.82 Å². The lowest BCUT2D eigenvalue weighted by atomic mass is 10.5. The van der Waals surface area contributed by atoms with Gasteiger partial charge < -0.3 is 5.73 Å². The Kier molecular flexibility index (Phi) is 1.43. The average molecular weight is 174 g/mol. The Morgan fingerprint density at radius 3 is 2.75 bits per heavy atom. The Morgan fingerprint density at radius 2 is 2.38 bits per heavy atom. The van der Waals surface area contributed by atoms with Crippen molar-refractivity contribution in [2.75, 3.05) is 5.73 Å². The Morgan fingerprint density at radius 1 is 1.62 bits per heavy atom.